The largest absolute Gasteiger partial charge is 0.493 e. The SMILES string of the molecule is CC(C)(C)Cc1ccc2c(c1)[C@H](NC[C@@H](O)[C@H](Cc1cc(F)cc(F)c1)NC(=O)CF)CCO2. The molecule has 2 aromatic carbocycles. The Morgan fingerprint density at radius 1 is 1.15 bits per heavy atom. The lowest BCUT2D eigenvalue weighted by Gasteiger charge is -2.30. The van der Waals surface area contributed by atoms with Gasteiger partial charge in [-0.3, -0.25) is 4.79 Å². The molecule has 1 heterocycles. The molecule has 0 saturated heterocycles. The van der Waals surface area contributed by atoms with Gasteiger partial charge in [-0.15, -0.1) is 0 Å². The number of alkyl halides is 1. The summed E-state index contributed by atoms with van der Waals surface area (Å²) in [5, 5.41) is 16.6. The number of rotatable bonds is 9. The topological polar surface area (TPSA) is 70.6 Å². The molecule has 1 aliphatic rings. The Morgan fingerprint density at radius 3 is 2.50 bits per heavy atom. The maximum Gasteiger partial charge on any atom is 0.251 e. The third-order valence-electron chi connectivity index (χ3n) is 5.73. The molecule has 34 heavy (non-hydrogen) atoms. The fourth-order valence-electron chi connectivity index (χ4n) is 4.29. The van der Waals surface area contributed by atoms with Gasteiger partial charge in [-0.2, -0.15) is 0 Å². The summed E-state index contributed by atoms with van der Waals surface area (Å²) in [6.07, 6.45) is 0.418. The summed E-state index contributed by atoms with van der Waals surface area (Å²) in [4.78, 5) is 11.7. The number of nitrogens with one attached hydrogen (secondary N) is 2. The summed E-state index contributed by atoms with van der Waals surface area (Å²) < 4.78 is 45.8. The number of carbonyl (C=O) groups is 1. The molecule has 1 aliphatic heterocycles. The van der Waals surface area contributed by atoms with Crippen LogP contribution in [0.25, 0.3) is 0 Å². The highest BCUT2D eigenvalue weighted by Gasteiger charge is 2.27. The van der Waals surface area contributed by atoms with Crippen molar-refractivity contribution in [3.63, 3.8) is 0 Å². The number of hydrogen-bond acceptors (Lipinski definition) is 4. The lowest BCUT2D eigenvalue weighted by atomic mass is 9.86. The van der Waals surface area contributed by atoms with Crippen molar-refractivity contribution in [1.29, 1.82) is 0 Å². The van der Waals surface area contributed by atoms with Crippen LogP contribution in [-0.2, 0) is 17.6 Å². The van der Waals surface area contributed by atoms with Crippen molar-refractivity contribution in [3.8, 4) is 5.75 Å². The van der Waals surface area contributed by atoms with Gasteiger partial charge in [0.25, 0.3) is 5.91 Å². The van der Waals surface area contributed by atoms with E-state index < -0.39 is 36.4 Å². The minimum Gasteiger partial charge on any atom is -0.493 e. The number of fused-ring (bicyclic) bond motifs is 1. The zero-order chi connectivity index (χ0) is 24.9. The van der Waals surface area contributed by atoms with Crippen LogP contribution in [0.2, 0.25) is 0 Å². The lowest BCUT2D eigenvalue weighted by Crippen LogP contribution is -2.49. The molecule has 0 bridgehead atoms. The third kappa shape index (κ3) is 7.46. The standard InChI is InChI=1S/C26H33F3N2O3/c1-26(2,3)13-16-4-5-24-20(10-16)21(6-7-34-24)30-15-23(32)22(31-25(33)14-27)11-17-8-18(28)12-19(29)9-17/h4-5,8-10,12,21-23,30,32H,6-7,11,13-15H2,1-3H3,(H,31,33)/t21-,22+,23-/m1/s1. The Morgan fingerprint density at radius 2 is 1.85 bits per heavy atom. The number of benzene rings is 2. The van der Waals surface area contributed by atoms with E-state index in [-0.39, 0.29) is 30.0 Å². The smallest absolute Gasteiger partial charge is 0.251 e. The van der Waals surface area contributed by atoms with Crippen molar-refractivity contribution in [2.24, 2.45) is 5.41 Å². The van der Waals surface area contributed by atoms with Crippen LogP contribution < -0.4 is 15.4 Å². The van der Waals surface area contributed by atoms with Crippen LogP contribution in [0.4, 0.5) is 13.2 Å². The summed E-state index contributed by atoms with van der Waals surface area (Å²) in [6.45, 7) is 5.87. The number of amides is 1. The molecule has 0 saturated carbocycles. The van der Waals surface area contributed by atoms with Gasteiger partial charge in [0.1, 0.15) is 17.4 Å². The number of ether oxygens (including phenoxy) is 1. The van der Waals surface area contributed by atoms with Crippen molar-refractivity contribution in [1.82, 2.24) is 10.6 Å². The van der Waals surface area contributed by atoms with E-state index in [9.17, 15) is 23.1 Å². The Balaban J connectivity index is 1.72. The van der Waals surface area contributed by atoms with Crippen molar-refractivity contribution < 1.29 is 27.8 Å². The van der Waals surface area contributed by atoms with Crippen LogP contribution in [-0.4, -0.2) is 43.0 Å². The number of halogens is 3. The van der Waals surface area contributed by atoms with Crippen LogP contribution in [0.3, 0.4) is 0 Å². The summed E-state index contributed by atoms with van der Waals surface area (Å²) in [5.41, 5.74) is 2.56. The number of hydrogen-bond donors (Lipinski definition) is 3. The van der Waals surface area contributed by atoms with Gasteiger partial charge in [-0.25, -0.2) is 13.2 Å². The predicted octanol–water partition coefficient (Wildman–Crippen LogP) is 4.02. The molecule has 0 aromatic heterocycles. The quantitative estimate of drug-likeness (QED) is 0.509. The van der Waals surface area contributed by atoms with Crippen LogP contribution >= 0.6 is 0 Å². The molecule has 0 aliphatic carbocycles. The molecule has 0 spiro atoms. The normalized spacial score (nSPS) is 17.4. The second kappa shape index (κ2) is 11.2. The van der Waals surface area contributed by atoms with E-state index in [1.54, 1.807) is 0 Å². The molecule has 8 heteroatoms. The van der Waals surface area contributed by atoms with Crippen molar-refractivity contribution >= 4 is 5.91 Å². The maximum absolute atomic E-state index is 13.6. The number of aliphatic hydroxyl groups excluding tert-OH is 1. The zero-order valence-corrected chi connectivity index (χ0v) is 19.8. The second-order valence-electron chi connectivity index (χ2n) is 10.1. The van der Waals surface area contributed by atoms with Crippen molar-refractivity contribution in [2.75, 3.05) is 19.8 Å². The first kappa shape index (κ1) is 26.0. The first-order chi connectivity index (χ1) is 16.0. The minimum absolute atomic E-state index is 0.0522. The van der Waals surface area contributed by atoms with Gasteiger partial charge >= 0.3 is 0 Å². The highest BCUT2D eigenvalue weighted by molar-refractivity contribution is 5.77. The van der Waals surface area contributed by atoms with Crippen LogP contribution in [0.5, 0.6) is 5.75 Å². The summed E-state index contributed by atoms with van der Waals surface area (Å²) in [6, 6.07) is 8.12. The van der Waals surface area contributed by atoms with Gasteiger partial charge in [0, 0.05) is 30.6 Å². The van der Waals surface area contributed by atoms with Crippen molar-refractivity contribution in [3.05, 3.63) is 64.7 Å². The molecule has 3 atom stereocenters. The van der Waals surface area contributed by atoms with E-state index in [0.29, 0.717) is 13.0 Å². The molecular weight excluding hydrogens is 445 g/mol. The third-order valence-corrected chi connectivity index (χ3v) is 5.73. The van der Waals surface area contributed by atoms with Crippen molar-refractivity contribution in [2.45, 2.75) is 58.2 Å². The van der Waals surface area contributed by atoms with Gasteiger partial charge in [0.05, 0.1) is 18.8 Å². The van der Waals surface area contributed by atoms with Crippen LogP contribution in [0.1, 0.15) is 49.9 Å². The van der Waals surface area contributed by atoms with Crippen LogP contribution in [0, 0.1) is 17.0 Å². The molecule has 0 fully saturated rings. The molecule has 186 valence electrons. The summed E-state index contributed by atoms with van der Waals surface area (Å²) >= 11 is 0. The molecule has 0 unspecified atom stereocenters. The van der Waals surface area contributed by atoms with Gasteiger partial charge < -0.3 is 20.5 Å². The molecular formula is C26H33F3N2O3. The Labute approximate surface area is 198 Å². The molecule has 1 amide bonds. The highest BCUT2D eigenvalue weighted by atomic mass is 19.1. The molecule has 3 rings (SSSR count). The molecule has 3 N–H and O–H groups in total. The average Bonchev–Trinajstić information content (AvgIpc) is 2.75. The molecule has 5 nitrogen and oxygen atoms in total. The Kier molecular flexibility index (Phi) is 8.60. The first-order valence-electron chi connectivity index (χ1n) is 11.5. The minimum atomic E-state index is -1.25. The zero-order valence-electron chi connectivity index (χ0n) is 19.8. The lowest BCUT2D eigenvalue weighted by molar-refractivity contribution is -0.123. The predicted molar refractivity (Wildman–Crippen MR) is 124 cm³/mol. The van der Waals surface area contributed by atoms with Gasteiger partial charge in [0.15, 0.2) is 6.67 Å². The van der Waals surface area contributed by atoms with Gasteiger partial charge in [0.2, 0.25) is 0 Å². The van der Waals surface area contributed by atoms with E-state index in [1.165, 1.54) is 5.56 Å². The van der Waals surface area contributed by atoms with E-state index in [4.69, 9.17) is 4.74 Å². The maximum atomic E-state index is 13.6. The fraction of sp³-hybridized carbons (Fsp3) is 0.500. The highest BCUT2D eigenvalue weighted by Crippen LogP contribution is 2.34. The first-order valence-corrected chi connectivity index (χ1v) is 11.5. The molecule has 0 radical (unpaired) electrons. The average molecular weight is 479 g/mol. The van der Waals surface area contributed by atoms with Gasteiger partial charge in [-0.1, -0.05) is 32.9 Å². The number of aliphatic hydroxyl groups is 1. The molecule has 2 aromatic rings. The second-order valence-corrected chi connectivity index (χ2v) is 10.1. The summed E-state index contributed by atoms with van der Waals surface area (Å²) in [5.74, 6) is -1.64. The van der Waals surface area contributed by atoms with Gasteiger partial charge in [-0.05, 0) is 47.6 Å². The fourth-order valence-corrected chi connectivity index (χ4v) is 4.29. The van der Waals surface area contributed by atoms with E-state index >= 15 is 0 Å². The Hall–Kier alpha value is -2.58. The number of carbonyl (C=O) groups excluding carboxylic acids is 1. The Bertz CT molecular complexity index is 973. The monoisotopic (exact) mass is 478 g/mol. The van der Waals surface area contributed by atoms with E-state index in [0.717, 1.165) is 35.9 Å². The summed E-state index contributed by atoms with van der Waals surface area (Å²) in [7, 11) is 0. The van der Waals surface area contributed by atoms with E-state index in [1.807, 2.05) is 6.07 Å². The van der Waals surface area contributed by atoms with E-state index in [2.05, 4.69) is 43.5 Å². The van der Waals surface area contributed by atoms with Crippen LogP contribution in [0.15, 0.2) is 36.4 Å².